The molecule has 1 heterocycles. The van der Waals surface area contributed by atoms with Gasteiger partial charge in [-0.2, -0.15) is 0 Å². The van der Waals surface area contributed by atoms with Gasteiger partial charge in [0.1, 0.15) is 0 Å². The van der Waals surface area contributed by atoms with Crippen LogP contribution in [0.15, 0.2) is 65.6 Å². The Labute approximate surface area is 164 Å². The maximum Gasteiger partial charge on any atom is 0.298 e. The van der Waals surface area contributed by atoms with E-state index in [4.69, 9.17) is 23.2 Å². The molecular weight excluding hydrogens is 389 g/mol. The second-order valence-electron chi connectivity index (χ2n) is 5.68. The molecule has 3 aromatic carbocycles. The Morgan fingerprint density at radius 2 is 1.65 bits per heavy atom. The molecule has 0 aromatic heterocycles. The first kappa shape index (κ1) is 17.2. The number of imide groups is 1. The smallest absolute Gasteiger partial charge is 0.268 e. The number of hydrogen-bond donors (Lipinski definition) is 0. The zero-order chi connectivity index (χ0) is 18.3. The van der Waals surface area contributed by atoms with Gasteiger partial charge < -0.3 is 0 Å². The van der Waals surface area contributed by atoms with Crippen LogP contribution < -0.4 is 4.90 Å². The van der Waals surface area contributed by atoms with Gasteiger partial charge in [0.25, 0.3) is 11.1 Å². The number of halogens is 2. The third kappa shape index (κ3) is 3.01. The van der Waals surface area contributed by atoms with Crippen LogP contribution in [-0.4, -0.2) is 11.1 Å². The van der Waals surface area contributed by atoms with E-state index >= 15 is 0 Å². The molecule has 0 atom stereocenters. The third-order valence-corrected chi connectivity index (χ3v) is 5.67. The summed E-state index contributed by atoms with van der Waals surface area (Å²) in [5, 5.41) is 2.40. The highest BCUT2D eigenvalue weighted by Crippen LogP contribution is 2.38. The molecule has 1 fully saturated rings. The van der Waals surface area contributed by atoms with Crippen molar-refractivity contribution < 1.29 is 9.59 Å². The number of rotatable bonds is 2. The number of fused-ring (bicyclic) bond motifs is 1. The summed E-state index contributed by atoms with van der Waals surface area (Å²) >= 11 is 12.8. The molecule has 0 spiro atoms. The van der Waals surface area contributed by atoms with Gasteiger partial charge in [0.15, 0.2) is 0 Å². The third-order valence-electron chi connectivity index (χ3n) is 4.07. The fraction of sp³-hybridized carbons (Fsp3) is 0. The van der Waals surface area contributed by atoms with E-state index in [9.17, 15) is 9.59 Å². The van der Waals surface area contributed by atoms with Gasteiger partial charge >= 0.3 is 0 Å². The van der Waals surface area contributed by atoms with Gasteiger partial charge in [-0.05, 0) is 52.4 Å². The van der Waals surface area contributed by atoms with E-state index in [1.54, 1.807) is 18.2 Å². The molecule has 1 aliphatic rings. The molecule has 1 saturated heterocycles. The van der Waals surface area contributed by atoms with E-state index in [0.29, 0.717) is 20.6 Å². The summed E-state index contributed by atoms with van der Waals surface area (Å²) in [7, 11) is 0. The first-order valence-electron chi connectivity index (χ1n) is 7.75. The Hall–Kier alpha value is -2.27. The van der Waals surface area contributed by atoms with Crippen LogP contribution in [0.1, 0.15) is 5.56 Å². The summed E-state index contributed by atoms with van der Waals surface area (Å²) in [6.45, 7) is 0. The van der Waals surface area contributed by atoms with Crippen LogP contribution >= 0.6 is 35.0 Å². The zero-order valence-corrected chi connectivity index (χ0v) is 15.6. The standard InChI is InChI=1S/C20H11Cl2NO2S/c21-16-9-8-14(11-17(16)22)23-19(24)18(26-20(23)25)10-13-6-3-5-12-4-1-2-7-15(12)13/h1-11H/b18-10-. The van der Waals surface area contributed by atoms with Gasteiger partial charge in [0, 0.05) is 0 Å². The predicted octanol–water partition coefficient (Wildman–Crippen LogP) is 6.39. The monoisotopic (exact) mass is 399 g/mol. The summed E-state index contributed by atoms with van der Waals surface area (Å²) in [6, 6.07) is 18.5. The van der Waals surface area contributed by atoms with Gasteiger partial charge in [0.2, 0.25) is 0 Å². The highest BCUT2D eigenvalue weighted by Gasteiger charge is 2.36. The van der Waals surface area contributed by atoms with E-state index in [2.05, 4.69) is 0 Å². The van der Waals surface area contributed by atoms with Crippen molar-refractivity contribution >= 4 is 68.6 Å². The first-order valence-corrected chi connectivity index (χ1v) is 9.32. The average molecular weight is 400 g/mol. The molecule has 2 amide bonds. The lowest BCUT2D eigenvalue weighted by Gasteiger charge is -2.13. The highest BCUT2D eigenvalue weighted by molar-refractivity contribution is 8.19. The van der Waals surface area contributed by atoms with Gasteiger partial charge in [-0.3, -0.25) is 9.59 Å². The fourth-order valence-electron chi connectivity index (χ4n) is 2.83. The quantitative estimate of drug-likeness (QED) is 0.468. The summed E-state index contributed by atoms with van der Waals surface area (Å²) in [5.74, 6) is -0.369. The van der Waals surface area contributed by atoms with Crippen molar-refractivity contribution in [2.45, 2.75) is 0 Å². The van der Waals surface area contributed by atoms with Crippen molar-refractivity contribution in [1.82, 2.24) is 0 Å². The SMILES string of the molecule is O=C1S/C(=C\c2cccc3ccccc23)C(=O)N1c1ccc(Cl)c(Cl)c1. The van der Waals surface area contributed by atoms with Crippen molar-refractivity contribution in [1.29, 1.82) is 0 Å². The predicted molar refractivity (Wildman–Crippen MR) is 109 cm³/mol. The van der Waals surface area contributed by atoms with Crippen molar-refractivity contribution in [3.05, 3.63) is 81.2 Å². The normalized spacial score (nSPS) is 16.1. The number of carbonyl (C=O) groups excluding carboxylic acids is 2. The summed E-state index contributed by atoms with van der Waals surface area (Å²) in [5.41, 5.74) is 1.30. The Morgan fingerprint density at radius 1 is 0.885 bits per heavy atom. The van der Waals surface area contributed by atoms with E-state index in [1.807, 2.05) is 42.5 Å². The van der Waals surface area contributed by atoms with Crippen LogP contribution in [0.5, 0.6) is 0 Å². The van der Waals surface area contributed by atoms with Crippen molar-refractivity contribution in [3.8, 4) is 0 Å². The molecule has 0 N–H and O–H groups in total. The molecule has 0 aliphatic carbocycles. The summed E-state index contributed by atoms with van der Waals surface area (Å²) < 4.78 is 0. The Balaban J connectivity index is 1.75. The van der Waals surface area contributed by atoms with Crippen molar-refractivity contribution in [3.63, 3.8) is 0 Å². The van der Waals surface area contributed by atoms with Crippen LogP contribution in [-0.2, 0) is 4.79 Å². The second-order valence-corrected chi connectivity index (χ2v) is 7.49. The maximum absolute atomic E-state index is 12.8. The minimum absolute atomic E-state index is 0.293. The van der Waals surface area contributed by atoms with Gasteiger partial charge in [-0.1, -0.05) is 65.7 Å². The summed E-state index contributed by atoms with van der Waals surface area (Å²) in [6.07, 6.45) is 1.75. The first-order chi connectivity index (χ1) is 12.5. The molecule has 3 aromatic rings. The van der Waals surface area contributed by atoms with E-state index in [0.717, 1.165) is 33.0 Å². The number of thioether (sulfide) groups is 1. The van der Waals surface area contributed by atoms with Crippen molar-refractivity contribution in [2.24, 2.45) is 0 Å². The molecule has 1 aliphatic heterocycles. The molecule has 0 unspecified atom stereocenters. The van der Waals surface area contributed by atoms with Crippen molar-refractivity contribution in [2.75, 3.05) is 4.90 Å². The van der Waals surface area contributed by atoms with Crippen LogP contribution in [0.3, 0.4) is 0 Å². The number of benzene rings is 3. The van der Waals surface area contributed by atoms with E-state index in [1.165, 1.54) is 6.07 Å². The molecule has 128 valence electrons. The molecule has 0 radical (unpaired) electrons. The number of carbonyl (C=O) groups is 2. The van der Waals surface area contributed by atoms with Crippen LogP contribution in [0.2, 0.25) is 10.0 Å². The minimum atomic E-state index is -0.369. The molecule has 4 rings (SSSR count). The Morgan fingerprint density at radius 3 is 2.46 bits per heavy atom. The van der Waals surface area contributed by atoms with Crippen LogP contribution in [0.25, 0.3) is 16.8 Å². The van der Waals surface area contributed by atoms with Crippen LogP contribution in [0, 0.1) is 0 Å². The number of hydrogen-bond acceptors (Lipinski definition) is 3. The lowest BCUT2D eigenvalue weighted by atomic mass is 10.0. The lowest BCUT2D eigenvalue weighted by Crippen LogP contribution is -2.27. The summed E-state index contributed by atoms with van der Waals surface area (Å²) in [4.78, 5) is 26.7. The highest BCUT2D eigenvalue weighted by atomic mass is 35.5. The Bertz CT molecular complexity index is 1090. The van der Waals surface area contributed by atoms with Gasteiger partial charge in [-0.15, -0.1) is 0 Å². The zero-order valence-electron chi connectivity index (χ0n) is 13.3. The largest absolute Gasteiger partial charge is 0.298 e. The number of amides is 2. The number of nitrogens with zero attached hydrogens (tertiary/aromatic N) is 1. The molecular formula is C20H11Cl2NO2S. The molecule has 26 heavy (non-hydrogen) atoms. The molecule has 0 saturated carbocycles. The van der Waals surface area contributed by atoms with E-state index < -0.39 is 0 Å². The minimum Gasteiger partial charge on any atom is -0.268 e. The topological polar surface area (TPSA) is 37.4 Å². The van der Waals surface area contributed by atoms with E-state index in [-0.39, 0.29) is 11.1 Å². The average Bonchev–Trinajstić information content (AvgIpc) is 2.91. The van der Waals surface area contributed by atoms with Crippen LogP contribution in [0.4, 0.5) is 10.5 Å². The second kappa shape index (κ2) is 6.80. The molecule has 3 nitrogen and oxygen atoms in total. The number of anilines is 1. The van der Waals surface area contributed by atoms with Gasteiger partial charge in [0.05, 0.1) is 20.6 Å². The lowest BCUT2D eigenvalue weighted by molar-refractivity contribution is -0.113. The fourth-order valence-corrected chi connectivity index (χ4v) is 3.96. The molecule has 0 bridgehead atoms. The van der Waals surface area contributed by atoms with Gasteiger partial charge in [-0.25, -0.2) is 4.90 Å². The molecule has 6 heteroatoms. The Kier molecular flexibility index (Phi) is 4.49. The maximum atomic E-state index is 12.8.